The van der Waals surface area contributed by atoms with E-state index in [9.17, 15) is 14.4 Å². The van der Waals surface area contributed by atoms with E-state index in [1.165, 1.54) is 6.08 Å². The summed E-state index contributed by atoms with van der Waals surface area (Å²) in [5.41, 5.74) is 0.383. The molecule has 3 saturated carbocycles. The standard InChI is InChI=1S/C21H26O3/c1-11-12(2)18-19(24)15(22)8-10-21(18,4)14-7-9-20(3)13(17(11)14)5-6-16(20)23/h8,10-11,13-14,17-18H,2,5-7,9H2,1,3-4H3/t11-,13+,14+,17+,18?,20+,21-/m1/s1. The summed E-state index contributed by atoms with van der Waals surface area (Å²) in [6.07, 6.45) is 6.99. The van der Waals surface area contributed by atoms with Crippen LogP contribution in [-0.2, 0) is 14.4 Å². The summed E-state index contributed by atoms with van der Waals surface area (Å²) in [7, 11) is 0. The molecule has 3 fully saturated rings. The lowest BCUT2D eigenvalue weighted by Gasteiger charge is -2.60. The first kappa shape index (κ1) is 16.0. The average Bonchev–Trinajstić information content (AvgIpc) is 2.84. The van der Waals surface area contributed by atoms with Crippen molar-refractivity contribution in [2.24, 2.45) is 40.4 Å². The number of carbonyl (C=O) groups excluding carboxylic acids is 3. The molecule has 0 N–H and O–H groups in total. The van der Waals surface area contributed by atoms with E-state index < -0.39 is 0 Å². The number of Topliss-reactive ketones (excluding diaryl/α,β-unsaturated/α-hetero) is 2. The van der Waals surface area contributed by atoms with Crippen LogP contribution in [0.3, 0.4) is 0 Å². The average molecular weight is 326 g/mol. The first-order valence-corrected chi connectivity index (χ1v) is 9.21. The molecular weight excluding hydrogens is 300 g/mol. The number of rotatable bonds is 0. The Balaban J connectivity index is 1.83. The molecule has 0 bridgehead atoms. The number of allylic oxidation sites excluding steroid dienone is 3. The molecule has 0 aliphatic heterocycles. The zero-order valence-corrected chi connectivity index (χ0v) is 14.8. The summed E-state index contributed by atoms with van der Waals surface area (Å²) in [5.74, 6) is 0.664. The van der Waals surface area contributed by atoms with Gasteiger partial charge in [-0.25, -0.2) is 0 Å². The van der Waals surface area contributed by atoms with Gasteiger partial charge in [0, 0.05) is 17.3 Å². The molecule has 0 spiro atoms. The third-order valence-corrected chi connectivity index (χ3v) is 8.09. The number of hydrogen-bond acceptors (Lipinski definition) is 3. The SMILES string of the molecule is C=C1C2C(=O)C(=O)C=C[C@]2(C)[C@H]2CC[C@]3(C)C(=O)CC[C@H]3[C@@H]2[C@@H]1C. The molecule has 0 radical (unpaired) electrons. The lowest BCUT2D eigenvalue weighted by molar-refractivity contribution is -0.146. The van der Waals surface area contributed by atoms with Gasteiger partial charge in [-0.1, -0.05) is 39.0 Å². The van der Waals surface area contributed by atoms with E-state index in [0.29, 0.717) is 30.0 Å². The van der Waals surface area contributed by atoms with E-state index >= 15 is 0 Å². The van der Waals surface area contributed by atoms with E-state index in [0.717, 1.165) is 24.8 Å². The molecule has 0 amide bonds. The van der Waals surface area contributed by atoms with Gasteiger partial charge in [-0.05, 0) is 49.0 Å². The molecule has 24 heavy (non-hydrogen) atoms. The van der Waals surface area contributed by atoms with Crippen LogP contribution in [0.15, 0.2) is 24.3 Å². The van der Waals surface area contributed by atoms with Crippen LogP contribution in [0.25, 0.3) is 0 Å². The molecule has 4 aliphatic rings. The Morgan fingerprint density at radius 2 is 1.83 bits per heavy atom. The zero-order valence-electron chi connectivity index (χ0n) is 14.8. The molecule has 128 valence electrons. The Labute approximate surface area is 143 Å². The number of ketones is 3. The summed E-state index contributed by atoms with van der Waals surface area (Å²) in [6.45, 7) is 10.7. The Hall–Kier alpha value is -1.51. The van der Waals surface area contributed by atoms with Crippen LogP contribution in [0.2, 0.25) is 0 Å². The van der Waals surface area contributed by atoms with E-state index in [-0.39, 0.29) is 34.2 Å². The topological polar surface area (TPSA) is 51.2 Å². The summed E-state index contributed by atoms with van der Waals surface area (Å²) < 4.78 is 0. The van der Waals surface area contributed by atoms with Crippen LogP contribution in [0, 0.1) is 40.4 Å². The highest BCUT2D eigenvalue weighted by Crippen LogP contribution is 2.66. The van der Waals surface area contributed by atoms with E-state index in [1.54, 1.807) is 0 Å². The number of carbonyl (C=O) groups is 3. The van der Waals surface area contributed by atoms with Crippen molar-refractivity contribution in [1.82, 2.24) is 0 Å². The fourth-order valence-corrected chi connectivity index (χ4v) is 6.66. The smallest absolute Gasteiger partial charge is 0.221 e. The van der Waals surface area contributed by atoms with Crippen molar-refractivity contribution in [3.63, 3.8) is 0 Å². The summed E-state index contributed by atoms with van der Waals surface area (Å²) in [5, 5.41) is 0. The Bertz CT molecular complexity index is 702. The highest BCUT2D eigenvalue weighted by molar-refractivity contribution is 6.43. The first-order chi connectivity index (χ1) is 11.2. The summed E-state index contributed by atoms with van der Waals surface area (Å²) >= 11 is 0. The molecule has 4 rings (SSSR count). The molecule has 7 atom stereocenters. The first-order valence-electron chi connectivity index (χ1n) is 9.21. The van der Waals surface area contributed by atoms with Crippen LogP contribution in [0.5, 0.6) is 0 Å². The minimum Gasteiger partial charge on any atom is -0.299 e. The van der Waals surface area contributed by atoms with E-state index in [1.807, 2.05) is 6.08 Å². The van der Waals surface area contributed by atoms with E-state index in [4.69, 9.17) is 0 Å². The number of fused-ring (bicyclic) bond motifs is 5. The molecule has 3 heteroatoms. The van der Waals surface area contributed by atoms with Crippen molar-refractivity contribution < 1.29 is 14.4 Å². The van der Waals surface area contributed by atoms with Gasteiger partial charge in [0.1, 0.15) is 5.78 Å². The Morgan fingerprint density at radius 3 is 2.54 bits per heavy atom. The van der Waals surface area contributed by atoms with Crippen molar-refractivity contribution in [3.05, 3.63) is 24.3 Å². The molecule has 0 saturated heterocycles. The second-order valence-electron chi connectivity index (χ2n) is 8.93. The van der Waals surface area contributed by atoms with Gasteiger partial charge < -0.3 is 0 Å². The van der Waals surface area contributed by atoms with Crippen LogP contribution >= 0.6 is 0 Å². The van der Waals surface area contributed by atoms with Gasteiger partial charge in [0.05, 0.1) is 5.92 Å². The van der Waals surface area contributed by atoms with Gasteiger partial charge in [0.15, 0.2) is 0 Å². The molecule has 0 aromatic heterocycles. The van der Waals surface area contributed by atoms with Gasteiger partial charge in [0.25, 0.3) is 0 Å². The predicted molar refractivity (Wildman–Crippen MR) is 91.1 cm³/mol. The van der Waals surface area contributed by atoms with Crippen molar-refractivity contribution in [2.75, 3.05) is 0 Å². The van der Waals surface area contributed by atoms with Gasteiger partial charge in [-0.2, -0.15) is 0 Å². The zero-order chi connectivity index (χ0) is 17.4. The molecule has 1 unspecified atom stereocenters. The maximum Gasteiger partial charge on any atom is 0.221 e. The maximum atomic E-state index is 12.6. The van der Waals surface area contributed by atoms with Gasteiger partial charge in [0.2, 0.25) is 11.6 Å². The minimum absolute atomic E-state index is 0.187. The molecule has 4 aliphatic carbocycles. The molecule has 0 aromatic carbocycles. The van der Waals surface area contributed by atoms with Crippen molar-refractivity contribution in [1.29, 1.82) is 0 Å². The molecule has 0 aromatic rings. The van der Waals surface area contributed by atoms with Crippen LogP contribution in [-0.4, -0.2) is 17.3 Å². The fraction of sp³-hybridized carbons (Fsp3) is 0.667. The highest BCUT2D eigenvalue weighted by Gasteiger charge is 2.63. The van der Waals surface area contributed by atoms with Crippen LogP contribution < -0.4 is 0 Å². The predicted octanol–water partition coefficient (Wildman–Crippen LogP) is 3.53. The maximum absolute atomic E-state index is 12.6. The van der Waals surface area contributed by atoms with Crippen LogP contribution in [0.1, 0.15) is 46.5 Å². The Morgan fingerprint density at radius 1 is 1.12 bits per heavy atom. The fourth-order valence-electron chi connectivity index (χ4n) is 6.66. The highest BCUT2D eigenvalue weighted by atomic mass is 16.2. The molecule has 0 heterocycles. The van der Waals surface area contributed by atoms with Gasteiger partial charge >= 0.3 is 0 Å². The third-order valence-electron chi connectivity index (χ3n) is 8.09. The largest absolute Gasteiger partial charge is 0.299 e. The van der Waals surface area contributed by atoms with Crippen LogP contribution in [0.4, 0.5) is 0 Å². The lowest BCUT2D eigenvalue weighted by atomic mass is 9.43. The minimum atomic E-state index is -0.388. The normalized spacial score (nSPS) is 50.5. The monoisotopic (exact) mass is 326 g/mol. The summed E-state index contributed by atoms with van der Waals surface area (Å²) in [6, 6.07) is 0. The molecule has 3 nitrogen and oxygen atoms in total. The third kappa shape index (κ3) is 1.71. The quantitative estimate of drug-likeness (QED) is 0.505. The van der Waals surface area contributed by atoms with Crippen molar-refractivity contribution in [2.45, 2.75) is 46.5 Å². The lowest BCUT2D eigenvalue weighted by Crippen LogP contribution is -2.58. The van der Waals surface area contributed by atoms with Crippen molar-refractivity contribution in [3.8, 4) is 0 Å². The van der Waals surface area contributed by atoms with E-state index in [2.05, 4.69) is 27.4 Å². The molecular formula is C21H26O3. The second-order valence-corrected chi connectivity index (χ2v) is 8.93. The summed E-state index contributed by atoms with van der Waals surface area (Å²) in [4.78, 5) is 37.1. The van der Waals surface area contributed by atoms with Gasteiger partial charge in [-0.3, -0.25) is 14.4 Å². The Kier molecular flexibility index (Phi) is 3.18. The van der Waals surface area contributed by atoms with Crippen molar-refractivity contribution >= 4 is 17.3 Å². The van der Waals surface area contributed by atoms with Gasteiger partial charge in [-0.15, -0.1) is 0 Å². The second kappa shape index (κ2) is 4.77. The number of hydrogen-bond donors (Lipinski definition) is 0.